The van der Waals surface area contributed by atoms with Gasteiger partial charge in [-0.1, -0.05) is 6.92 Å². The molecule has 2 aromatic rings. The van der Waals surface area contributed by atoms with E-state index >= 15 is 0 Å². The molecule has 0 spiro atoms. The number of hydrogen-bond acceptors (Lipinski definition) is 4. The summed E-state index contributed by atoms with van der Waals surface area (Å²) in [6.45, 7) is 5.31. The van der Waals surface area contributed by atoms with Crippen molar-refractivity contribution < 1.29 is 0 Å². The number of thiazole rings is 1. The molecule has 108 valence electrons. The number of benzene rings is 1. The molecule has 4 heteroatoms. The van der Waals surface area contributed by atoms with Crippen molar-refractivity contribution in [3.8, 4) is 10.6 Å². The van der Waals surface area contributed by atoms with Gasteiger partial charge in [0.15, 0.2) is 0 Å². The third kappa shape index (κ3) is 3.81. The normalized spacial score (nSPS) is 12.4. The Morgan fingerprint density at radius 3 is 2.55 bits per heavy atom. The van der Waals surface area contributed by atoms with Gasteiger partial charge < -0.3 is 10.2 Å². The number of nitrogens with zero attached hydrogens (tertiary/aromatic N) is 2. The number of anilines is 1. The smallest absolute Gasteiger partial charge is 0.123 e. The molecule has 1 unspecified atom stereocenters. The van der Waals surface area contributed by atoms with Crippen LogP contribution in [-0.4, -0.2) is 25.1 Å². The van der Waals surface area contributed by atoms with E-state index < -0.39 is 0 Å². The SMILES string of the molecule is CCC(C)NCc1cnc(-c2ccc(N(C)C)cc2)s1. The van der Waals surface area contributed by atoms with E-state index in [1.165, 1.54) is 16.1 Å². The molecule has 0 saturated carbocycles. The Kier molecular flexibility index (Phi) is 5.15. The van der Waals surface area contributed by atoms with E-state index in [0.29, 0.717) is 6.04 Å². The van der Waals surface area contributed by atoms with Gasteiger partial charge in [0.2, 0.25) is 0 Å². The van der Waals surface area contributed by atoms with E-state index in [1.807, 2.05) is 6.20 Å². The standard InChI is InChI=1S/C16H23N3S/c1-5-12(2)17-10-15-11-18-16(20-15)13-6-8-14(9-7-13)19(3)4/h6-9,11-12,17H,5,10H2,1-4H3. The predicted molar refractivity (Wildman–Crippen MR) is 88.5 cm³/mol. The van der Waals surface area contributed by atoms with Crippen molar-refractivity contribution in [3.05, 3.63) is 35.3 Å². The molecule has 0 aliphatic heterocycles. The van der Waals surface area contributed by atoms with Crippen LogP contribution in [0.1, 0.15) is 25.1 Å². The fourth-order valence-corrected chi connectivity index (χ4v) is 2.71. The number of nitrogens with one attached hydrogen (secondary N) is 1. The summed E-state index contributed by atoms with van der Waals surface area (Å²) in [5.41, 5.74) is 2.40. The lowest BCUT2D eigenvalue weighted by molar-refractivity contribution is 0.537. The van der Waals surface area contributed by atoms with Crippen molar-refractivity contribution >= 4 is 17.0 Å². The molecule has 0 aliphatic rings. The Bertz CT molecular complexity index is 531. The molecule has 3 nitrogen and oxygen atoms in total. The maximum absolute atomic E-state index is 4.53. The van der Waals surface area contributed by atoms with Gasteiger partial charge in [-0.05, 0) is 37.6 Å². The largest absolute Gasteiger partial charge is 0.378 e. The molecular formula is C16H23N3S. The van der Waals surface area contributed by atoms with Gasteiger partial charge in [0.1, 0.15) is 5.01 Å². The minimum absolute atomic E-state index is 0.555. The number of aromatic nitrogens is 1. The Balaban J connectivity index is 2.04. The zero-order chi connectivity index (χ0) is 14.5. The van der Waals surface area contributed by atoms with Crippen LogP contribution in [0.4, 0.5) is 5.69 Å². The van der Waals surface area contributed by atoms with Crippen LogP contribution in [-0.2, 0) is 6.54 Å². The van der Waals surface area contributed by atoms with E-state index in [9.17, 15) is 0 Å². The highest BCUT2D eigenvalue weighted by atomic mass is 32.1. The lowest BCUT2D eigenvalue weighted by Crippen LogP contribution is -2.23. The third-order valence-corrected chi connectivity index (χ3v) is 4.47. The first-order chi connectivity index (χ1) is 9.60. The zero-order valence-electron chi connectivity index (χ0n) is 12.7. The second-order valence-corrected chi connectivity index (χ2v) is 6.38. The summed E-state index contributed by atoms with van der Waals surface area (Å²) in [5, 5.41) is 4.59. The van der Waals surface area contributed by atoms with Crippen molar-refractivity contribution in [3.63, 3.8) is 0 Å². The molecule has 1 N–H and O–H groups in total. The first-order valence-electron chi connectivity index (χ1n) is 7.06. The van der Waals surface area contributed by atoms with E-state index in [1.54, 1.807) is 11.3 Å². The summed E-state index contributed by atoms with van der Waals surface area (Å²) in [6.07, 6.45) is 3.13. The minimum atomic E-state index is 0.555. The summed E-state index contributed by atoms with van der Waals surface area (Å²) in [7, 11) is 4.11. The highest BCUT2D eigenvalue weighted by Gasteiger charge is 2.06. The molecule has 2 rings (SSSR count). The topological polar surface area (TPSA) is 28.2 Å². The average molecular weight is 289 g/mol. The predicted octanol–water partition coefficient (Wildman–Crippen LogP) is 3.76. The van der Waals surface area contributed by atoms with Crippen LogP contribution in [0.3, 0.4) is 0 Å². The molecule has 0 aliphatic carbocycles. The van der Waals surface area contributed by atoms with Crippen LogP contribution in [0.15, 0.2) is 30.5 Å². The first-order valence-corrected chi connectivity index (χ1v) is 7.87. The molecular weight excluding hydrogens is 266 g/mol. The third-order valence-electron chi connectivity index (χ3n) is 3.42. The first kappa shape index (κ1) is 15.0. The van der Waals surface area contributed by atoms with Gasteiger partial charge in [0.25, 0.3) is 0 Å². The molecule has 0 bridgehead atoms. The molecule has 1 aromatic carbocycles. The van der Waals surface area contributed by atoms with Crippen molar-refractivity contribution in [2.24, 2.45) is 0 Å². The van der Waals surface area contributed by atoms with Crippen LogP contribution in [0.2, 0.25) is 0 Å². The summed E-state index contributed by atoms with van der Waals surface area (Å²) >= 11 is 1.77. The average Bonchev–Trinajstić information content (AvgIpc) is 2.93. The number of rotatable bonds is 6. The van der Waals surface area contributed by atoms with Crippen molar-refractivity contribution in [1.82, 2.24) is 10.3 Å². The lowest BCUT2D eigenvalue weighted by Gasteiger charge is -2.12. The second-order valence-electron chi connectivity index (χ2n) is 5.26. The molecule has 1 heterocycles. The molecule has 0 saturated heterocycles. The fourth-order valence-electron chi connectivity index (χ4n) is 1.84. The van der Waals surface area contributed by atoms with Crippen molar-refractivity contribution in [2.75, 3.05) is 19.0 Å². The molecule has 20 heavy (non-hydrogen) atoms. The van der Waals surface area contributed by atoms with Gasteiger partial charge in [0.05, 0.1) is 0 Å². The highest BCUT2D eigenvalue weighted by Crippen LogP contribution is 2.26. The fraction of sp³-hybridized carbons (Fsp3) is 0.438. The summed E-state index contributed by atoms with van der Waals surface area (Å²) in [5.74, 6) is 0. The summed E-state index contributed by atoms with van der Waals surface area (Å²) in [4.78, 5) is 7.92. The monoisotopic (exact) mass is 289 g/mol. The van der Waals surface area contributed by atoms with Crippen LogP contribution in [0.25, 0.3) is 10.6 Å². The maximum atomic E-state index is 4.53. The van der Waals surface area contributed by atoms with Gasteiger partial charge in [-0.15, -0.1) is 11.3 Å². The van der Waals surface area contributed by atoms with Crippen LogP contribution in [0, 0.1) is 0 Å². The molecule has 0 radical (unpaired) electrons. The Hall–Kier alpha value is -1.39. The van der Waals surface area contributed by atoms with E-state index in [-0.39, 0.29) is 0 Å². The summed E-state index contributed by atoms with van der Waals surface area (Å²) in [6, 6.07) is 9.10. The van der Waals surface area contributed by atoms with Gasteiger partial charge >= 0.3 is 0 Å². The number of hydrogen-bond donors (Lipinski definition) is 1. The van der Waals surface area contributed by atoms with E-state index in [4.69, 9.17) is 0 Å². The molecule has 1 atom stereocenters. The van der Waals surface area contributed by atoms with Crippen LogP contribution >= 0.6 is 11.3 Å². The minimum Gasteiger partial charge on any atom is -0.378 e. The van der Waals surface area contributed by atoms with Crippen LogP contribution < -0.4 is 10.2 Å². The van der Waals surface area contributed by atoms with E-state index in [2.05, 4.69) is 67.4 Å². The van der Waals surface area contributed by atoms with Gasteiger partial charge in [-0.25, -0.2) is 4.98 Å². The Morgan fingerprint density at radius 1 is 1.25 bits per heavy atom. The van der Waals surface area contributed by atoms with Gasteiger partial charge in [-0.2, -0.15) is 0 Å². The summed E-state index contributed by atoms with van der Waals surface area (Å²) < 4.78 is 0. The van der Waals surface area contributed by atoms with Crippen molar-refractivity contribution in [2.45, 2.75) is 32.9 Å². The molecule has 0 fully saturated rings. The van der Waals surface area contributed by atoms with Gasteiger partial charge in [-0.3, -0.25) is 0 Å². The Morgan fingerprint density at radius 2 is 1.95 bits per heavy atom. The quantitative estimate of drug-likeness (QED) is 0.877. The second kappa shape index (κ2) is 6.86. The van der Waals surface area contributed by atoms with E-state index in [0.717, 1.165) is 18.0 Å². The Labute approximate surface area is 125 Å². The lowest BCUT2D eigenvalue weighted by atomic mass is 10.2. The van der Waals surface area contributed by atoms with Crippen LogP contribution in [0.5, 0.6) is 0 Å². The maximum Gasteiger partial charge on any atom is 0.123 e. The molecule has 1 aromatic heterocycles. The van der Waals surface area contributed by atoms with Crippen molar-refractivity contribution in [1.29, 1.82) is 0 Å². The highest BCUT2D eigenvalue weighted by molar-refractivity contribution is 7.15. The zero-order valence-corrected chi connectivity index (χ0v) is 13.5. The van der Waals surface area contributed by atoms with Gasteiger partial charge in [0, 0.05) is 49.0 Å². The molecule has 0 amide bonds.